The molecule has 20 heavy (non-hydrogen) atoms. The minimum Gasteiger partial charge on any atom is -0.395 e. The fourth-order valence-electron chi connectivity index (χ4n) is 2.91. The summed E-state index contributed by atoms with van der Waals surface area (Å²) in [6.07, 6.45) is 5.29. The number of likely N-dealkylation sites (tertiary alicyclic amines) is 1. The van der Waals surface area contributed by atoms with Crippen molar-refractivity contribution < 1.29 is 20.4 Å². The van der Waals surface area contributed by atoms with Crippen LogP contribution in [0.3, 0.4) is 0 Å². The number of aliphatic hydroxyl groups excluding tert-OH is 4. The van der Waals surface area contributed by atoms with Gasteiger partial charge in [0, 0.05) is 6.54 Å². The average Bonchev–Trinajstić information content (AvgIpc) is 2.44. The first kappa shape index (κ1) is 17.9. The predicted octanol–water partition coefficient (Wildman–Crippen LogP) is 0.496. The third-order valence-corrected chi connectivity index (χ3v) is 4.26. The van der Waals surface area contributed by atoms with Crippen LogP contribution in [0.15, 0.2) is 0 Å². The zero-order valence-corrected chi connectivity index (χ0v) is 12.6. The van der Waals surface area contributed by atoms with Gasteiger partial charge in [-0.25, -0.2) is 0 Å². The third-order valence-electron chi connectivity index (χ3n) is 4.26. The van der Waals surface area contributed by atoms with E-state index < -0.39 is 24.4 Å². The molecule has 0 radical (unpaired) electrons. The number of β-amino-alcohol motifs (C(OH)–C–C–N with tert-alkyl or cyclic N) is 1. The van der Waals surface area contributed by atoms with E-state index in [4.69, 9.17) is 0 Å². The van der Waals surface area contributed by atoms with Gasteiger partial charge < -0.3 is 20.4 Å². The van der Waals surface area contributed by atoms with Crippen LogP contribution in [0.5, 0.6) is 0 Å². The van der Waals surface area contributed by atoms with Crippen LogP contribution in [-0.2, 0) is 0 Å². The van der Waals surface area contributed by atoms with Gasteiger partial charge in [-0.05, 0) is 13.0 Å². The predicted molar refractivity (Wildman–Crippen MR) is 78.5 cm³/mol. The van der Waals surface area contributed by atoms with E-state index in [0.717, 1.165) is 19.4 Å². The fourth-order valence-corrected chi connectivity index (χ4v) is 2.91. The van der Waals surface area contributed by atoms with E-state index in [1.54, 1.807) is 0 Å². The second kappa shape index (κ2) is 9.68. The van der Waals surface area contributed by atoms with Gasteiger partial charge in [0.25, 0.3) is 0 Å². The van der Waals surface area contributed by atoms with Crippen LogP contribution in [-0.4, -0.2) is 69.4 Å². The largest absolute Gasteiger partial charge is 0.395 e. The molecule has 4 atom stereocenters. The van der Waals surface area contributed by atoms with Gasteiger partial charge in [0.2, 0.25) is 0 Å². The van der Waals surface area contributed by atoms with Gasteiger partial charge in [-0.2, -0.15) is 0 Å². The fraction of sp³-hybridized carbons (Fsp3) is 1.00. The van der Waals surface area contributed by atoms with E-state index >= 15 is 0 Å². The summed E-state index contributed by atoms with van der Waals surface area (Å²) in [4.78, 5) is 1.90. The second-order valence-electron chi connectivity index (χ2n) is 5.91. The summed E-state index contributed by atoms with van der Waals surface area (Å²) in [6, 6.07) is -0.464. The molecule has 0 aliphatic carbocycles. The summed E-state index contributed by atoms with van der Waals surface area (Å²) in [5.74, 6) is 0. The molecule has 1 fully saturated rings. The Balaban J connectivity index is 2.24. The Morgan fingerprint density at radius 1 is 0.900 bits per heavy atom. The number of piperidine rings is 1. The van der Waals surface area contributed by atoms with Crippen LogP contribution < -0.4 is 0 Å². The summed E-state index contributed by atoms with van der Waals surface area (Å²) < 4.78 is 0. The normalized spacial score (nSPS) is 31.6. The van der Waals surface area contributed by atoms with E-state index in [-0.39, 0.29) is 6.61 Å². The van der Waals surface area contributed by atoms with Crippen molar-refractivity contribution in [3.05, 3.63) is 0 Å². The summed E-state index contributed by atoms with van der Waals surface area (Å²) >= 11 is 0. The first-order chi connectivity index (χ1) is 9.61. The van der Waals surface area contributed by atoms with Gasteiger partial charge in [-0.1, -0.05) is 45.4 Å². The second-order valence-corrected chi connectivity index (χ2v) is 5.91. The van der Waals surface area contributed by atoms with Gasteiger partial charge in [-0.15, -0.1) is 0 Å². The van der Waals surface area contributed by atoms with Gasteiger partial charge in [-0.3, -0.25) is 4.90 Å². The van der Waals surface area contributed by atoms with Crippen molar-refractivity contribution >= 4 is 0 Å². The molecule has 0 spiro atoms. The van der Waals surface area contributed by atoms with Gasteiger partial charge >= 0.3 is 0 Å². The Kier molecular flexibility index (Phi) is 8.64. The highest BCUT2D eigenvalue weighted by molar-refractivity contribution is 4.93. The molecule has 4 N–H and O–H groups in total. The van der Waals surface area contributed by atoms with Crippen molar-refractivity contribution in [2.75, 3.05) is 19.7 Å². The molecule has 0 amide bonds. The first-order valence-corrected chi connectivity index (χ1v) is 8.01. The lowest BCUT2D eigenvalue weighted by molar-refractivity contribution is -0.145. The van der Waals surface area contributed by atoms with Crippen LogP contribution in [0.2, 0.25) is 0 Å². The lowest BCUT2D eigenvalue weighted by atomic mass is 9.94. The smallest absolute Gasteiger partial charge is 0.109 e. The quantitative estimate of drug-likeness (QED) is 0.465. The molecule has 5 heteroatoms. The number of unbranched alkanes of at least 4 members (excludes halogenated alkanes) is 6. The van der Waals surface area contributed by atoms with Crippen molar-refractivity contribution in [3.63, 3.8) is 0 Å². The summed E-state index contributed by atoms with van der Waals surface area (Å²) in [5, 5.41) is 38.5. The number of rotatable bonds is 9. The Hall–Kier alpha value is -0.200. The molecule has 3 unspecified atom stereocenters. The molecule has 1 aliphatic heterocycles. The summed E-state index contributed by atoms with van der Waals surface area (Å²) in [6.45, 7) is 3.08. The molecular formula is C15H31NO4. The van der Waals surface area contributed by atoms with Crippen molar-refractivity contribution in [2.45, 2.75) is 76.2 Å². The van der Waals surface area contributed by atoms with Crippen LogP contribution >= 0.6 is 0 Å². The number of aliphatic hydroxyl groups is 4. The zero-order chi connectivity index (χ0) is 15.0. The van der Waals surface area contributed by atoms with Crippen molar-refractivity contribution in [2.24, 2.45) is 0 Å². The van der Waals surface area contributed by atoms with E-state index in [1.807, 2.05) is 4.90 Å². The van der Waals surface area contributed by atoms with E-state index in [1.165, 1.54) is 32.1 Å². The molecule has 0 bridgehead atoms. The van der Waals surface area contributed by atoms with Gasteiger partial charge in [0.1, 0.15) is 12.2 Å². The van der Waals surface area contributed by atoms with E-state index in [2.05, 4.69) is 6.92 Å². The Morgan fingerprint density at radius 2 is 1.50 bits per heavy atom. The highest BCUT2D eigenvalue weighted by Gasteiger charge is 2.40. The van der Waals surface area contributed by atoms with E-state index in [9.17, 15) is 20.4 Å². The Bertz CT molecular complexity index is 252. The van der Waals surface area contributed by atoms with Crippen LogP contribution in [0.4, 0.5) is 0 Å². The highest BCUT2D eigenvalue weighted by Crippen LogP contribution is 2.19. The molecule has 120 valence electrons. The summed E-state index contributed by atoms with van der Waals surface area (Å²) in [7, 11) is 0. The van der Waals surface area contributed by atoms with Gasteiger partial charge in [0.15, 0.2) is 0 Å². The standard InChI is InChI=1S/C15H31NO4/c1-2-3-4-5-6-7-8-9-16-10-13(18)15(20)14(19)12(16)11-17/h12-15,17-20H,2-11H2,1H3/t12?,13?,14-,15?/m1/s1. The van der Waals surface area contributed by atoms with Crippen molar-refractivity contribution in [1.29, 1.82) is 0 Å². The maximum atomic E-state index is 9.87. The molecule has 1 saturated heterocycles. The van der Waals surface area contributed by atoms with E-state index in [0.29, 0.717) is 6.54 Å². The molecule has 0 aromatic heterocycles. The topological polar surface area (TPSA) is 84.2 Å². The first-order valence-electron chi connectivity index (χ1n) is 8.01. The lowest BCUT2D eigenvalue weighted by Gasteiger charge is -2.43. The molecular weight excluding hydrogens is 258 g/mol. The molecule has 0 saturated carbocycles. The molecule has 1 aliphatic rings. The molecule has 0 aromatic rings. The Morgan fingerprint density at radius 3 is 2.10 bits per heavy atom. The maximum Gasteiger partial charge on any atom is 0.109 e. The molecule has 0 aromatic carbocycles. The zero-order valence-electron chi connectivity index (χ0n) is 12.6. The third kappa shape index (κ3) is 5.30. The molecule has 1 heterocycles. The van der Waals surface area contributed by atoms with Gasteiger partial charge in [0.05, 0.1) is 18.8 Å². The number of hydrogen-bond acceptors (Lipinski definition) is 5. The lowest BCUT2D eigenvalue weighted by Crippen LogP contribution is -2.62. The highest BCUT2D eigenvalue weighted by atomic mass is 16.4. The number of hydrogen-bond donors (Lipinski definition) is 4. The number of nitrogens with zero attached hydrogens (tertiary/aromatic N) is 1. The molecule has 1 rings (SSSR count). The minimum absolute atomic E-state index is 0.193. The van der Waals surface area contributed by atoms with Crippen molar-refractivity contribution in [3.8, 4) is 0 Å². The maximum absolute atomic E-state index is 9.87. The monoisotopic (exact) mass is 289 g/mol. The Labute approximate surface area is 122 Å². The summed E-state index contributed by atoms with van der Waals surface area (Å²) in [5.41, 5.74) is 0. The molecule has 5 nitrogen and oxygen atoms in total. The van der Waals surface area contributed by atoms with Crippen molar-refractivity contribution in [1.82, 2.24) is 4.90 Å². The average molecular weight is 289 g/mol. The van der Waals surface area contributed by atoms with Crippen LogP contribution in [0.25, 0.3) is 0 Å². The van der Waals surface area contributed by atoms with Crippen LogP contribution in [0.1, 0.15) is 51.9 Å². The van der Waals surface area contributed by atoms with Crippen LogP contribution in [0, 0.1) is 0 Å². The SMILES string of the molecule is CCCCCCCCCN1CC(O)C(O)[C@H](O)C1CO. The minimum atomic E-state index is -1.16.